The van der Waals surface area contributed by atoms with Crippen molar-refractivity contribution in [1.82, 2.24) is 15.5 Å². The van der Waals surface area contributed by atoms with Crippen molar-refractivity contribution >= 4 is 29.3 Å². The number of carbonyl (C=O) groups excluding carboxylic acids is 2. The molecule has 28 heavy (non-hydrogen) atoms. The van der Waals surface area contributed by atoms with E-state index in [0.29, 0.717) is 18.8 Å². The van der Waals surface area contributed by atoms with E-state index in [9.17, 15) is 9.59 Å². The lowest BCUT2D eigenvalue weighted by atomic mass is 10.1. The van der Waals surface area contributed by atoms with Gasteiger partial charge in [0.25, 0.3) is 0 Å². The van der Waals surface area contributed by atoms with Gasteiger partial charge in [0.1, 0.15) is 0 Å². The first kappa shape index (κ1) is 18.3. The molecule has 0 saturated carbocycles. The Morgan fingerprint density at radius 2 is 1.89 bits per heavy atom. The quantitative estimate of drug-likeness (QED) is 0.675. The number of benzene rings is 2. The molecule has 2 heterocycles. The Morgan fingerprint density at radius 3 is 2.61 bits per heavy atom. The van der Waals surface area contributed by atoms with E-state index >= 15 is 0 Å². The van der Waals surface area contributed by atoms with E-state index in [1.165, 1.54) is 4.90 Å². The Labute approximate surface area is 167 Å². The summed E-state index contributed by atoms with van der Waals surface area (Å²) in [5.74, 6) is -0.485. The number of hydrogen-bond acceptors (Lipinski definition) is 4. The largest absolute Gasteiger partial charge is 0.352 e. The van der Waals surface area contributed by atoms with Gasteiger partial charge in [-0.3, -0.25) is 14.7 Å². The van der Waals surface area contributed by atoms with Gasteiger partial charge in [0.15, 0.2) is 0 Å². The van der Waals surface area contributed by atoms with E-state index in [2.05, 4.69) is 39.8 Å². The van der Waals surface area contributed by atoms with E-state index in [1.54, 1.807) is 29.1 Å². The fourth-order valence-electron chi connectivity index (χ4n) is 3.16. The molecular weight excluding hydrogens is 372 g/mol. The van der Waals surface area contributed by atoms with Crippen molar-refractivity contribution in [2.24, 2.45) is 5.92 Å². The summed E-state index contributed by atoms with van der Waals surface area (Å²) < 4.78 is 0. The highest BCUT2D eigenvalue weighted by molar-refractivity contribution is 7.99. The molecule has 2 N–H and O–H groups in total. The minimum absolute atomic E-state index is 0.0520. The van der Waals surface area contributed by atoms with Crippen molar-refractivity contribution in [3.8, 4) is 0 Å². The molecule has 2 amide bonds. The molecule has 0 unspecified atom stereocenters. The van der Waals surface area contributed by atoms with Crippen LogP contribution in [-0.4, -0.2) is 28.6 Å². The van der Waals surface area contributed by atoms with Crippen LogP contribution in [0.5, 0.6) is 0 Å². The van der Waals surface area contributed by atoms with Crippen molar-refractivity contribution in [2.45, 2.75) is 22.8 Å². The number of rotatable bonds is 6. The van der Waals surface area contributed by atoms with Crippen molar-refractivity contribution in [1.29, 1.82) is 0 Å². The fraction of sp³-hybridized carbons (Fsp3) is 0.190. The second-order valence-corrected chi connectivity index (χ2v) is 7.79. The summed E-state index contributed by atoms with van der Waals surface area (Å²) in [7, 11) is 0. The van der Waals surface area contributed by atoms with Gasteiger partial charge in [-0.05, 0) is 29.8 Å². The summed E-state index contributed by atoms with van der Waals surface area (Å²) >= 11 is 1.70. The maximum atomic E-state index is 12.5. The van der Waals surface area contributed by atoms with Crippen LogP contribution in [0.15, 0.2) is 76.8 Å². The number of anilines is 1. The van der Waals surface area contributed by atoms with Crippen LogP contribution < -0.4 is 10.2 Å². The molecule has 1 aliphatic rings. The van der Waals surface area contributed by atoms with Crippen molar-refractivity contribution in [2.75, 3.05) is 11.4 Å². The van der Waals surface area contributed by atoms with Gasteiger partial charge in [-0.15, -0.1) is 0 Å². The molecule has 142 valence electrons. The van der Waals surface area contributed by atoms with E-state index in [0.717, 1.165) is 10.5 Å². The minimum atomic E-state index is -0.338. The predicted octanol–water partition coefficient (Wildman–Crippen LogP) is 3.23. The lowest BCUT2D eigenvalue weighted by Gasteiger charge is -2.14. The molecule has 1 atom stereocenters. The molecule has 0 bridgehead atoms. The maximum absolute atomic E-state index is 12.5. The van der Waals surface area contributed by atoms with Crippen LogP contribution in [-0.2, 0) is 16.1 Å². The van der Waals surface area contributed by atoms with Gasteiger partial charge >= 0.3 is 0 Å². The van der Waals surface area contributed by atoms with Gasteiger partial charge in [-0.25, -0.2) is 0 Å². The van der Waals surface area contributed by atoms with E-state index in [-0.39, 0.29) is 24.2 Å². The smallest absolute Gasteiger partial charge is 0.227 e. The number of nitrogens with zero attached hydrogens (tertiary/aromatic N) is 2. The van der Waals surface area contributed by atoms with Gasteiger partial charge < -0.3 is 10.2 Å². The monoisotopic (exact) mass is 392 g/mol. The summed E-state index contributed by atoms with van der Waals surface area (Å²) in [4.78, 5) is 28.6. The van der Waals surface area contributed by atoms with Gasteiger partial charge in [-0.2, -0.15) is 5.10 Å². The second kappa shape index (κ2) is 8.31. The lowest BCUT2D eigenvalue weighted by Crippen LogP contribution is -2.32. The molecule has 0 spiro atoms. The van der Waals surface area contributed by atoms with Gasteiger partial charge in [0.05, 0.1) is 17.8 Å². The molecular formula is C21H20N4O2S. The van der Waals surface area contributed by atoms with Crippen LogP contribution in [0, 0.1) is 5.92 Å². The molecule has 1 saturated heterocycles. The van der Waals surface area contributed by atoms with Crippen molar-refractivity contribution < 1.29 is 9.59 Å². The topological polar surface area (TPSA) is 78.1 Å². The maximum Gasteiger partial charge on any atom is 0.227 e. The minimum Gasteiger partial charge on any atom is -0.352 e. The van der Waals surface area contributed by atoms with Gasteiger partial charge in [0.2, 0.25) is 11.8 Å². The molecule has 3 aromatic rings. The number of H-pyrrole nitrogens is 1. The Kier molecular flexibility index (Phi) is 5.43. The number of carbonyl (C=O) groups is 2. The summed E-state index contributed by atoms with van der Waals surface area (Å²) in [6, 6.07) is 18.3. The number of amides is 2. The van der Waals surface area contributed by atoms with Crippen LogP contribution in [0.1, 0.15) is 12.0 Å². The summed E-state index contributed by atoms with van der Waals surface area (Å²) in [6.07, 6.45) is 3.48. The first-order chi connectivity index (χ1) is 13.7. The second-order valence-electron chi connectivity index (χ2n) is 6.64. The third-order valence-corrected chi connectivity index (χ3v) is 5.68. The summed E-state index contributed by atoms with van der Waals surface area (Å²) in [6.45, 7) is 0.836. The highest BCUT2D eigenvalue weighted by Gasteiger charge is 2.35. The van der Waals surface area contributed by atoms with Crippen LogP contribution in [0.25, 0.3) is 0 Å². The molecule has 7 heteroatoms. The molecule has 0 radical (unpaired) electrons. The SMILES string of the molecule is O=C(NCc1ccc(Sc2ccccc2)cc1)[C@@H]1CC(=O)N(c2cn[nH]c2)C1. The zero-order valence-electron chi connectivity index (χ0n) is 15.2. The predicted molar refractivity (Wildman–Crippen MR) is 108 cm³/mol. The molecule has 1 fully saturated rings. The Balaban J connectivity index is 1.29. The molecule has 1 aromatic heterocycles. The highest BCUT2D eigenvalue weighted by Crippen LogP contribution is 2.27. The third-order valence-electron chi connectivity index (χ3n) is 4.66. The van der Waals surface area contributed by atoms with Crippen molar-refractivity contribution in [3.05, 3.63) is 72.6 Å². The highest BCUT2D eigenvalue weighted by atomic mass is 32.2. The molecule has 2 aromatic carbocycles. The average molecular weight is 392 g/mol. The normalized spacial score (nSPS) is 16.4. The molecule has 1 aliphatic heterocycles. The summed E-state index contributed by atoms with van der Waals surface area (Å²) in [5, 5.41) is 9.50. The molecule has 6 nitrogen and oxygen atoms in total. The zero-order valence-corrected chi connectivity index (χ0v) is 16.0. The first-order valence-electron chi connectivity index (χ1n) is 9.08. The number of aromatic amines is 1. The van der Waals surface area contributed by atoms with E-state index in [1.807, 2.05) is 30.3 Å². The zero-order chi connectivity index (χ0) is 19.3. The average Bonchev–Trinajstić information content (AvgIpc) is 3.37. The number of hydrogen-bond donors (Lipinski definition) is 2. The fourth-order valence-corrected chi connectivity index (χ4v) is 4.00. The lowest BCUT2D eigenvalue weighted by molar-refractivity contribution is -0.126. The Bertz CT molecular complexity index is 942. The number of nitrogens with one attached hydrogen (secondary N) is 2. The van der Waals surface area contributed by atoms with Crippen LogP contribution >= 0.6 is 11.8 Å². The van der Waals surface area contributed by atoms with Crippen molar-refractivity contribution in [3.63, 3.8) is 0 Å². The Morgan fingerprint density at radius 1 is 1.14 bits per heavy atom. The van der Waals surface area contributed by atoms with Crippen LogP contribution in [0.2, 0.25) is 0 Å². The first-order valence-corrected chi connectivity index (χ1v) is 9.89. The standard InChI is InChI=1S/C21H20N4O2S/c26-20-10-16(14-25(20)17-12-23-24-13-17)21(27)22-11-15-6-8-19(9-7-15)28-18-4-2-1-3-5-18/h1-9,12-13,16H,10-11,14H2,(H,22,27)(H,23,24)/t16-/m1/s1. The van der Waals surface area contributed by atoms with Gasteiger partial charge in [-0.1, -0.05) is 42.1 Å². The van der Waals surface area contributed by atoms with E-state index in [4.69, 9.17) is 0 Å². The van der Waals surface area contributed by atoms with E-state index < -0.39 is 0 Å². The summed E-state index contributed by atoms with van der Waals surface area (Å²) in [5.41, 5.74) is 1.73. The number of aromatic nitrogens is 2. The molecule has 0 aliphatic carbocycles. The van der Waals surface area contributed by atoms with Gasteiger partial charge in [0, 0.05) is 35.5 Å². The Hall–Kier alpha value is -3.06. The van der Waals surface area contributed by atoms with Crippen LogP contribution in [0.4, 0.5) is 5.69 Å². The third kappa shape index (κ3) is 4.26. The molecule has 4 rings (SSSR count). The van der Waals surface area contributed by atoms with Crippen LogP contribution in [0.3, 0.4) is 0 Å².